The van der Waals surface area contributed by atoms with Gasteiger partial charge in [-0.2, -0.15) is 5.26 Å². The normalized spacial score (nSPS) is 18.4. The molecule has 1 aromatic carbocycles. The highest BCUT2D eigenvalue weighted by atomic mass is 16.1. The Labute approximate surface area is 133 Å². The second kappa shape index (κ2) is 7.95. The molecular weight excluding hydrogens is 274 g/mol. The van der Waals surface area contributed by atoms with E-state index in [-0.39, 0.29) is 5.91 Å². The van der Waals surface area contributed by atoms with E-state index in [1.165, 1.54) is 5.56 Å². The number of hydrogen-bond donors (Lipinski definition) is 1. The summed E-state index contributed by atoms with van der Waals surface area (Å²) in [7, 11) is 0. The first kappa shape index (κ1) is 16.5. The van der Waals surface area contributed by atoms with Crippen LogP contribution in [0.2, 0.25) is 0 Å². The molecule has 118 valence electrons. The minimum absolute atomic E-state index is 0.162. The molecule has 1 aromatic rings. The predicted molar refractivity (Wildman–Crippen MR) is 87.0 cm³/mol. The number of carbonyl (C=O) groups excluding carboxylic acids is 1. The van der Waals surface area contributed by atoms with Crippen LogP contribution in [0.15, 0.2) is 24.3 Å². The lowest BCUT2D eigenvalue weighted by molar-refractivity contribution is -0.121. The van der Waals surface area contributed by atoms with Gasteiger partial charge in [0.1, 0.15) is 0 Å². The number of benzene rings is 1. The molecule has 1 amide bonds. The lowest BCUT2D eigenvalue weighted by atomic mass is 10.1. The zero-order valence-corrected chi connectivity index (χ0v) is 13.5. The second-order valence-corrected chi connectivity index (χ2v) is 6.60. The number of nitrogens with zero attached hydrogens (tertiary/aromatic N) is 2. The zero-order valence-electron chi connectivity index (χ0n) is 13.5. The summed E-state index contributed by atoms with van der Waals surface area (Å²) in [6.45, 7) is 7.85. The third kappa shape index (κ3) is 5.16. The molecule has 2 rings (SSSR count). The predicted octanol–water partition coefficient (Wildman–Crippen LogP) is 2.54. The highest BCUT2D eigenvalue weighted by Gasteiger charge is 2.22. The van der Waals surface area contributed by atoms with E-state index < -0.39 is 0 Å². The molecule has 0 radical (unpaired) electrons. The zero-order chi connectivity index (χ0) is 15.9. The van der Waals surface area contributed by atoms with Crippen LogP contribution in [0.4, 0.5) is 0 Å². The van der Waals surface area contributed by atoms with Gasteiger partial charge in [0, 0.05) is 26.1 Å². The number of nitrogens with one attached hydrogen (secondary N) is 1. The molecule has 1 atom stereocenters. The Kier molecular flexibility index (Phi) is 5.97. The van der Waals surface area contributed by atoms with Crippen molar-refractivity contribution in [2.75, 3.05) is 19.6 Å². The second-order valence-electron chi connectivity index (χ2n) is 6.60. The smallest absolute Gasteiger partial charge is 0.220 e. The van der Waals surface area contributed by atoms with Gasteiger partial charge in [-0.1, -0.05) is 26.0 Å². The third-order valence-corrected chi connectivity index (χ3v) is 4.01. The average Bonchev–Trinajstić information content (AvgIpc) is 2.92. The highest BCUT2D eigenvalue weighted by molar-refractivity contribution is 5.76. The van der Waals surface area contributed by atoms with Crippen LogP contribution in [-0.2, 0) is 11.3 Å². The molecular formula is C18H25N3O. The van der Waals surface area contributed by atoms with Gasteiger partial charge < -0.3 is 5.32 Å². The van der Waals surface area contributed by atoms with Gasteiger partial charge in [0.15, 0.2) is 0 Å². The molecule has 0 saturated carbocycles. The van der Waals surface area contributed by atoms with Crippen molar-refractivity contribution < 1.29 is 4.79 Å². The lowest BCUT2D eigenvalue weighted by Gasteiger charge is -2.16. The van der Waals surface area contributed by atoms with E-state index in [2.05, 4.69) is 36.2 Å². The van der Waals surface area contributed by atoms with Crippen molar-refractivity contribution >= 4 is 5.91 Å². The van der Waals surface area contributed by atoms with Gasteiger partial charge in [-0.3, -0.25) is 9.69 Å². The summed E-state index contributed by atoms with van der Waals surface area (Å²) in [4.78, 5) is 14.1. The topological polar surface area (TPSA) is 56.1 Å². The number of nitriles is 1. The molecule has 0 bridgehead atoms. The van der Waals surface area contributed by atoms with Crippen molar-refractivity contribution in [1.29, 1.82) is 5.26 Å². The van der Waals surface area contributed by atoms with Gasteiger partial charge in [-0.25, -0.2) is 0 Å². The monoisotopic (exact) mass is 299 g/mol. The van der Waals surface area contributed by atoms with Gasteiger partial charge >= 0.3 is 0 Å². The van der Waals surface area contributed by atoms with E-state index in [4.69, 9.17) is 5.26 Å². The van der Waals surface area contributed by atoms with E-state index in [1.807, 2.05) is 18.2 Å². The van der Waals surface area contributed by atoms with Crippen molar-refractivity contribution in [1.82, 2.24) is 10.2 Å². The van der Waals surface area contributed by atoms with Crippen molar-refractivity contribution in [2.24, 2.45) is 11.8 Å². The van der Waals surface area contributed by atoms with Crippen LogP contribution in [0.1, 0.15) is 37.8 Å². The Bertz CT molecular complexity index is 548. The number of carbonyl (C=O) groups is 1. The minimum atomic E-state index is 0.162. The van der Waals surface area contributed by atoms with E-state index >= 15 is 0 Å². The maximum Gasteiger partial charge on any atom is 0.220 e. The van der Waals surface area contributed by atoms with Crippen LogP contribution in [0.3, 0.4) is 0 Å². The standard InChI is InChI=1S/C18H25N3O/c1-14(2)8-18(22)20-11-17-6-7-21(13-17)12-16-5-3-4-15(9-16)10-19/h3-5,9,14,17H,6-8,11-13H2,1-2H3,(H,20,22)/t17-/m1/s1. The molecule has 0 aliphatic carbocycles. The third-order valence-electron chi connectivity index (χ3n) is 4.01. The number of hydrogen-bond acceptors (Lipinski definition) is 3. The van der Waals surface area contributed by atoms with Gasteiger partial charge in [0.2, 0.25) is 5.91 Å². The van der Waals surface area contributed by atoms with Gasteiger partial charge in [-0.15, -0.1) is 0 Å². The van der Waals surface area contributed by atoms with E-state index in [1.54, 1.807) is 0 Å². The van der Waals surface area contributed by atoms with E-state index in [9.17, 15) is 4.79 Å². The van der Waals surface area contributed by atoms with E-state index in [0.717, 1.165) is 32.6 Å². The number of rotatable bonds is 6. The Balaban J connectivity index is 1.75. The molecule has 1 aliphatic heterocycles. The van der Waals surface area contributed by atoms with Crippen molar-refractivity contribution in [3.8, 4) is 6.07 Å². The van der Waals surface area contributed by atoms with Crippen LogP contribution < -0.4 is 5.32 Å². The Morgan fingerprint density at radius 1 is 1.50 bits per heavy atom. The number of likely N-dealkylation sites (tertiary alicyclic amines) is 1. The average molecular weight is 299 g/mol. The molecule has 4 nitrogen and oxygen atoms in total. The maximum absolute atomic E-state index is 11.7. The summed E-state index contributed by atoms with van der Waals surface area (Å²) in [5, 5.41) is 12.0. The molecule has 1 heterocycles. The fourth-order valence-electron chi connectivity index (χ4n) is 2.92. The summed E-state index contributed by atoms with van der Waals surface area (Å²) in [5.74, 6) is 1.11. The first-order valence-electron chi connectivity index (χ1n) is 8.05. The maximum atomic E-state index is 11.7. The van der Waals surface area contributed by atoms with Gasteiger partial charge in [0.05, 0.1) is 11.6 Å². The molecule has 1 saturated heterocycles. The molecule has 0 unspecified atom stereocenters. The fourth-order valence-corrected chi connectivity index (χ4v) is 2.92. The Morgan fingerprint density at radius 3 is 3.05 bits per heavy atom. The molecule has 4 heteroatoms. The van der Waals surface area contributed by atoms with Crippen LogP contribution in [0.5, 0.6) is 0 Å². The van der Waals surface area contributed by atoms with Crippen LogP contribution in [0.25, 0.3) is 0 Å². The molecule has 0 aromatic heterocycles. The van der Waals surface area contributed by atoms with Crippen LogP contribution in [-0.4, -0.2) is 30.4 Å². The molecule has 1 fully saturated rings. The quantitative estimate of drug-likeness (QED) is 0.878. The molecule has 1 N–H and O–H groups in total. The Hall–Kier alpha value is -1.86. The minimum Gasteiger partial charge on any atom is -0.356 e. The van der Waals surface area contributed by atoms with Gasteiger partial charge in [0.25, 0.3) is 0 Å². The summed E-state index contributed by atoms with van der Waals surface area (Å²) in [6, 6.07) is 9.98. The van der Waals surface area contributed by atoms with Crippen molar-refractivity contribution in [3.63, 3.8) is 0 Å². The summed E-state index contributed by atoms with van der Waals surface area (Å²) >= 11 is 0. The largest absolute Gasteiger partial charge is 0.356 e. The van der Waals surface area contributed by atoms with Gasteiger partial charge in [-0.05, 0) is 42.5 Å². The summed E-state index contributed by atoms with van der Waals surface area (Å²) < 4.78 is 0. The summed E-state index contributed by atoms with van der Waals surface area (Å²) in [5.41, 5.74) is 1.90. The van der Waals surface area contributed by atoms with Crippen LogP contribution in [0, 0.1) is 23.2 Å². The van der Waals surface area contributed by atoms with E-state index in [0.29, 0.717) is 23.8 Å². The SMILES string of the molecule is CC(C)CC(=O)NC[C@H]1CCN(Cc2cccc(C#N)c2)C1. The number of amides is 1. The van der Waals surface area contributed by atoms with Crippen molar-refractivity contribution in [2.45, 2.75) is 33.2 Å². The lowest BCUT2D eigenvalue weighted by Crippen LogP contribution is -2.31. The first-order chi connectivity index (χ1) is 10.6. The molecule has 0 spiro atoms. The first-order valence-corrected chi connectivity index (χ1v) is 8.05. The van der Waals surface area contributed by atoms with Crippen LogP contribution >= 0.6 is 0 Å². The Morgan fingerprint density at radius 2 is 2.32 bits per heavy atom. The summed E-state index contributed by atoms with van der Waals surface area (Å²) in [6.07, 6.45) is 1.73. The van der Waals surface area contributed by atoms with Crippen molar-refractivity contribution in [3.05, 3.63) is 35.4 Å². The fraction of sp³-hybridized carbons (Fsp3) is 0.556. The highest BCUT2D eigenvalue weighted by Crippen LogP contribution is 2.18. The molecule has 1 aliphatic rings. The molecule has 22 heavy (non-hydrogen) atoms.